The molecule has 0 amide bonds. The maximum absolute atomic E-state index is 5.19. The molecule has 0 saturated heterocycles. The normalized spacial score (nSPS) is 11.2. The number of nitrogens with zero attached hydrogens (tertiary/aromatic N) is 2. The highest BCUT2D eigenvalue weighted by Gasteiger charge is 1.99. The van der Waals surface area contributed by atoms with Crippen molar-refractivity contribution in [2.45, 2.75) is 12.8 Å². The first-order chi connectivity index (χ1) is 16.7. The standard InChI is InChI=1S/C30H28N2O2/c1-33-29-17-9-25(10-18-29)21-31-27-13-5-23(6-14-27)3-4-24-7-15-28(16-8-24)32-22-26-11-19-30(34-2)20-12-26/h5-22H,3-4H2,1-2H3/b31-21+,32-22+. The third kappa shape index (κ3) is 6.66. The van der Waals surface area contributed by atoms with E-state index in [-0.39, 0.29) is 0 Å². The Morgan fingerprint density at radius 1 is 0.500 bits per heavy atom. The number of rotatable bonds is 9. The molecule has 0 saturated carbocycles. The molecule has 34 heavy (non-hydrogen) atoms. The largest absolute Gasteiger partial charge is 0.497 e. The van der Waals surface area contributed by atoms with Crippen molar-refractivity contribution in [2.75, 3.05) is 14.2 Å². The third-order valence-corrected chi connectivity index (χ3v) is 5.53. The van der Waals surface area contributed by atoms with Gasteiger partial charge in [-0.3, -0.25) is 9.98 Å². The van der Waals surface area contributed by atoms with Crippen LogP contribution in [0.4, 0.5) is 11.4 Å². The molecule has 0 aromatic heterocycles. The maximum atomic E-state index is 5.19. The molecule has 0 aliphatic carbocycles. The quantitative estimate of drug-likeness (QED) is 0.259. The van der Waals surface area contributed by atoms with Crippen LogP contribution in [0.2, 0.25) is 0 Å². The summed E-state index contributed by atoms with van der Waals surface area (Å²) in [4.78, 5) is 9.13. The molecule has 0 unspecified atom stereocenters. The van der Waals surface area contributed by atoms with E-state index in [1.807, 2.05) is 61.0 Å². The minimum absolute atomic E-state index is 0.845. The van der Waals surface area contributed by atoms with Gasteiger partial charge in [-0.2, -0.15) is 0 Å². The van der Waals surface area contributed by atoms with Crippen LogP contribution < -0.4 is 9.47 Å². The van der Waals surface area contributed by atoms with Crippen LogP contribution in [0.3, 0.4) is 0 Å². The molecule has 4 aromatic rings. The molecular weight excluding hydrogens is 420 g/mol. The second kappa shape index (κ2) is 11.6. The molecule has 4 aromatic carbocycles. The summed E-state index contributed by atoms with van der Waals surface area (Å²) in [6.45, 7) is 0. The highest BCUT2D eigenvalue weighted by Crippen LogP contribution is 2.18. The fourth-order valence-corrected chi connectivity index (χ4v) is 3.46. The van der Waals surface area contributed by atoms with E-state index in [0.29, 0.717) is 0 Å². The van der Waals surface area contributed by atoms with E-state index < -0.39 is 0 Å². The van der Waals surface area contributed by atoms with E-state index in [2.05, 4.69) is 58.5 Å². The van der Waals surface area contributed by atoms with Gasteiger partial charge in [0.25, 0.3) is 0 Å². The lowest BCUT2D eigenvalue weighted by Gasteiger charge is -2.04. The Bertz CT molecular complexity index is 1120. The van der Waals surface area contributed by atoms with Gasteiger partial charge in [-0.25, -0.2) is 0 Å². The van der Waals surface area contributed by atoms with Crippen molar-refractivity contribution in [3.05, 3.63) is 119 Å². The molecule has 0 heterocycles. The monoisotopic (exact) mass is 448 g/mol. The lowest BCUT2D eigenvalue weighted by atomic mass is 10.0. The number of aliphatic imine (C=N–C) groups is 2. The van der Waals surface area contributed by atoms with Crippen LogP contribution in [-0.2, 0) is 12.8 Å². The third-order valence-electron chi connectivity index (χ3n) is 5.53. The number of methoxy groups -OCH3 is 2. The Morgan fingerprint density at radius 3 is 1.18 bits per heavy atom. The van der Waals surface area contributed by atoms with Crippen LogP contribution in [0.15, 0.2) is 107 Å². The molecule has 4 heteroatoms. The van der Waals surface area contributed by atoms with Gasteiger partial charge in [0.05, 0.1) is 25.6 Å². The maximum Gasteiger partial charge on any atom is 0.118 e. The molecule has 0 spiro atoms. The van der Waals surface area contributed by atoms with Gasteiger partial charge in [-0.15, -0.1) is 0 Å². The first kappa shape index (κ1) is 23.0. The summed E-state index contributed by atoms with van der Waals surface area (Å²) >= 11 is 0. The molecule has 0 fully saturated rings. The Balaban J connectivity index is 1.28. The van der Waals surface area contributed by atoms with Crippen molar-refractivity contribution in [3.8, 4) is 11.5 Å². The molecule has 0 N–H and O–H groups in total. The van der Waals surface area contributed by atoms with E-state index >= 15 is 0 Å². The SMILES string of the molecule is COc1ccc(/C=N/c2ccc(CCc3ccc(/N=C/c4ccc(OC)cc4)cc3)cc2)cc1. The fourth-order valence-electron chi connectivity index (χ4n) is 3.46. The van der Waals surface area contributed by atoms with E-state index in [0.717, 1.165) is 46.8 Å². The van der Waals surface area contributed by atoms with E-state index in [1.54, 1.807) is 14.2 Å². The minimum atomic E-state index is 0.845. The zero-order chi connectivity index (χ0) is 23.6. The molecule has 0 atom stereocenters. The lowest BCUT2D eigenvalue weighted by Crippen LogP contribution is -1.90. The molecule has 0 bridgehead atoms. The van der Waals surface area contributed by atoms with Crippen LogP contribution in [0.25, 0.3) is 0 Å². The summed E-state index contributed by atoms with van der Waals surface area (Å²) in [7, 11) is 3.33. The fraction of sp³-hybridized carbons (Fsp3) is 0.133. The average Bonchev–Trinajstić information content (AvgIpc) is 2.91. The Hall–Kier alpha value is -4.18. The summed E-state index contributed by atoms with van der Waals surface area (Å²) in [5.41, 5.74) is 6.57. The predicted molar refractivity (Wildman–Crippen MR) is 141 cm³/mol. The molecule has 4 nitrogen and oxygen atoms in total. The number of hydrogen-bond donors (Lipinski definition) is 0. The van der Waals surface area contributed by atoms with Crippen molar-refractivity contribution in [1.29, 1.82) is 0 Å². The van der Waals surface area contributed by atoms with Crippen molar-refractivity contribution >= 4 is 23.8 Å². The second-order valence-corrected chi connectivity index (χ2v) is 7.90. The van der Waals surface area contributed by atoms with Gasteiger partial charge in [0, 0.05) is 12.4 Å². The summed E-state index contributed by atoms with van der Waals surface area (Å²) in [5.74, 6) is 1.69. The summed E-state index contributed by atoms with van der Waals surface area (Å²) in [6.07, 6.45) is 5.70. The van der Waals surface area contributed by atoms with Crippen molar-refractivity contribution < 1.29 is 9.47 Å². The van der Waals surface area contributed by atoms with E-state index in [4.69, 9.17) is 9.47 Å². The highest BCUT2D eigenvalue weighted by atomic mass is 16.5. The predicted octanol–water partition coefficient (Wildman–Crippen LogP) is 6.99. The number of hydrogen-bond acceptors (Lipinski definition) is 4. The van der Waals surface area contributed by atoms with Gasteiger partial charge in [0.15, 0.2) is 0 Å². The molecule has 0 aliphatic rings. The van der Waals surface area contributed by atoms with Gasteiger partial charge in [0.1, 0.15) is 11.5 Å². The van der Waals surface area contributed by atoms with Gasteiger partial charge >= 0.3 is 0 Å². The van der Waals surface area contributed by atoms with Crippen LogP contribution in [0.5, 0.6) is 11.5 Å². The summed E-state index contributed by atoms with van der Waals surface area (Å²) < 4.78 is 10.4. The Kier molecular flexibility index (Phi) is 7.86. The smallest absolute Gasteiger partial charge is 0.118 e. The molecular formula is C30H28N2O2. The molecule has 170 valence electrons. The van der Waals surface area contributed by atoms with Crippen LogP contribution in [0.1, 0.15) is 22.3 Å². The lowest BCUT2D eigenvalue weighted by molar-refractivity contribution is 0.414. The van der Waals surface area contributed by atoms with E-state index in [9.17, 15) is 0 Å². The zero-order valence-electron chi connectivity index (χ0n) is 19.5. The highest BCUT2D eigenvalue weighted by molar-refractivity contribution is 5.82. The number of aryl methyl sites for hydroxylation is 2. The van der Waals surface area contributed by atoms with Crippen molar-refractivity contribution in [2.24, 2.45) is 9.98 Å². The van der Waals surface area contributed by atoms with Crippen molar-refractivity contribution in [3.63, 3.8) is 0 Å². The van der Waals surface area contributed by atoms with Gasteiger partial charge in [-0.05, 0) is 108 Å². The second-order valence-electron chi connectivity index (χ2n) is 7.90. The van der Waals surface area contributed by atoms with Crippen molar-refractivity contribution in [1.82, 2.24) is 0 Å². The zero-order valence-corrected chi connectivity index (χ0v) is 19.5. The topological polar surface area (TPSA) is 43.2 Å². The average molecular weight is 449 g/mol. The van der Waals surface area contributed by atoms with Crippen LogP contribution in [0, 0.1) is 0 Å². The molecule has 4 rings (SSSR count). The van der Waals surface area contributed by atoms with Gasteiger partial charge in [-0.1, -0.05) is 24.3 Å². The minimum Gasteiger partial charge on any atom is -0.497 e. The molecule has 0 aliphatic heterocycles. The first-order valence-corrected chi connectivity index (χ1v) is 11.3. The summed E-state index contributed by atoms with van der Waals surface area (Å²) in [6, 6.07) is 32.5. The van der Waals surface area contributed by atoms with Crippen LogP contribution >= 0.6 is 0 Å². The van der Waals surface area contributed by atoms with Gasteiger partial charge in [0.2, 0.25) is 0 Å². The first-order valence-electron chi connectivity index (χ1n) is 11.3. The Labute approximate surface area is 201 Å². The number of ether oxygens (including phenoxy) is 2. The number of benzene rings is 4. The molecule has 0 radical (unpaired) electrons. The van der Waals surface area contributed by atoms with E-state index in [1.165, 1.54) is 11.1 Å². The Morgan fingerprint density at radius 2 is 0.853 bits per heavy atom. The van der Waals surface area contributed by atoms with Gasteiger partial charge < -0.3 is 9.47 Å². The summed E-state index contributed by atoms with van der Waals surface area (Å²) in [5, 5.41) is 0. The van der Waals surface area contributed by atoms with Crippen LogP contribution in [-0.4, -0.2) is 26.6 Å².